The van der Waals surface area contributed by atoms with Gasteiger partial charge < -0.3 is 10.1 Å². The second-order valence-electron chi connectivity index (χ2n) is 3.70. The largest absolute Gasteiger partial charge is 0.372 e. The molecule has 0 spiro atoms. The van der Waals surface area contributed by atoms with E-state index >= 15 is 0 Å². The van der Waals surface area contributed by atoms with Crippen LogP contribution in [0.3, 0.4) is 0 Å². The van der Waals surface area contributed by atoms with E-state index in [1.807, 2.05) is 0 Å². The molecule has 0 aromatic heterocycles. The number of morpholine rings is 1. The second-order valence-corrected chi connectivity index (χ2v) is 3.70. The van der Waals surface area contributed by atoms with Gasteiger partial charge in [0.25, 0.3) is 0 Å². The van der Waals surface area contributed by atoms with E-state index in [-0.39, 0.29) is 0 Å². The maximum atomic E-state index is 5.90. The molecule has 11 heavy (non-hydrogen) atoms. The zero-order valence-corrected chi connectivity index (χ0v) is 7.18. The molecule has 2 aliphatic rings. The van der Waals surface area contributed by atoms with Crippen LogP contribution in [-0.4, -0.2) is 25.3 Å². The summed E-state index contributed by atoms with van der Waals surface area (Å²) < 4.78 is 5.90. The van der Waals surface area contributed by atoms with Crippen molar-refractivity contribution in [3.8, 4) is 0 Å². The molecular formula is C9H17NO. The first kappa shape index (κ1) is 7.56. The van der Waals surface area contributed by atoms with Crippen LogP contribution in [0.25, 0.3) is 0 Å². The van der Waals surface area contributed by atoms with Crippen molar-refractivity contribution in [1.29, 1.82) is 0 Å². The Balaban J connectivity index is 1.82. The van der Waals surface area contributed by atoms with E-state index in [9.17, 15) is 0 Å². The van der Waals surface area contributed by atoms with Crippen LogP contribution < -0.4 is 5.32 Å². The summed E-state index contributed by atoms with van der Waals surface area (Å²) in [5.74, 6) is 0.886. The molecule has 0 bridgehead atoms. The van der Waals surface area contributed by atoms with Gasteiger partial charge in [-0.25, -0.2) is 0 Å². The first-order chi connectivity index (χ1) is 5.40. The third-order valence-corrected chi connectivity index (χ3v) is 2.69. The third-order valence-electron chi connectivity index (χ3n) is 2.69. The van der Waals surface area contributed by atoms with Gasteiger partial charge in [-0.2, -0.15) is 0 Å². The second kappa shape index (κ2) is 3.11. The summed E-state index contributed by atoms with van der Waals surface area (Å²) in [6.07, 6.45) is 4.95. The van der Waals surface area contributed by atoms with E-state index in [0.717, 1.165) is 25.4 Å². The van der Waals surface area contributed by atoms with E-state index < -0.39 is 0 Å². The fourth-order valence-corrected chi connectivity index (χ4v) is 1.72. The van der Waals surface area contributed by atoms with E-state index in [0.29, 0.717) is 12.2 Å². The first-order valence-corrected chi connectivity index (χ1v) is 4.76. The lowest BCUT2D eigenvalue weighted by Gasteiger charge is -2.30. The summed E-state index contributed by atoms with van der Waals surface area (Å²) in [6.45, 7) is 4.34. The number of nitrogens with one attached hydrogen (secondary N) is 1. The molecule has 1 saturated carbocycles. The van der Waals surface area contributed by atoms with Gasteiger partial charge in [0.05, 0.1) is 12.2 Å². The van der Waals surface area contributed by atoms with Crippen LogP contribution in [0, 0.1) is 5.92 Å². The van der Waals surface area contributed by atoms with Crippen molar-refractivity contribution in [2.45, 2.75) is 38.4 Å². The number of hydrogen-bond acceptors (Lipinski definition) is 2. The first-order valence-electron chi connectivity index (χ1n) is 4.76. The predicted octanol–water partition coefficient (Wildman–Crippen LogP) is 1.16. The summed E-state index contributed by atoms with van der Waals surface area (Å²) in [7, 11) is 0. The molecule has 1 saturated heterocycles. The van der Waals surface area contributed by atoms with Gasteiger partial charge in [0, 0.05) is 13.1 Å². The highest BCUT2D eigenvalue weighted by molar-refractivity contribution is 4.87. The Bertz CT molecular complexity index is 134. The SMILES string of the molecule is CCC1CNCC(C2CC2)O1. The zero-order valence-electron chi connectivity index (χ0n) is 7.18. The molecule has 2 heteroatoms. The molecular weight excluding hydrogens is 138 g/mol. The minimum Gasteiger partial charge on any atom is -0.372 e. The molecule has 2 nitrogen and oxygen atoms in total. The van der Waals surface area contributed by atoms with Crippen molar-refractivity contribution in [1.82, 2.24) is 5.32 Å². The predicted molar refractivity (Wildman–Crippen MR) is 44.5 cm³/mol. The van der Waals surface area contributed by atoms with Crippen LogP contribution in [0.5, 0.6) is 0 Å². The van der Waals surface area contributed by atoms with Gasteiger partial charge in [0.15, 0.2) is 0 Å². The van der Waals surface area contributed by atoms with Crippen molar-refractivity contribution in [2.75, 3.05) is 13.1 Å². The quantitative estimate of drug-likeness (QED) is 0.646. The molecule has 0 aromatic rings. The molecule has 1 aliphatic carbocycles. The van der Waals surface area contributed by atoms with Crippen LogP contribution in [0.1, 0.15) is 26.2 Å². The number of hydrogen-bond donors (Lipinski definition) is 1. The number of ether oxygens (including phenoxy) is 1. The maximum Gasteiger partial charge on any atom is 0.0731 e. The molecule has 1 heterocycles. The van der Waals surface area contributed by atoms with Gasteiger partial charge in [-0.3, -0.25) is 0 Å². The highest BCUT2D eigenvalue weighted by Gasteiger charge is 2.34. The van der Waals surface area contributed by atoms with Gasteiger partial charge in [-0.05, 0) is 25.2 Å². The summed E-state index contributed by atoms with van der Waals surface area (Å²) in [4.78, 5) is 0. The third kappa shape index (κ3) is 1.74. The molecule has 64 valence electrons. The molecule has 2 atom stereocenters. The van der Waals surface area contributed by atoms with Gasteiger partial charge in [0.1, 0.15) is 0 Å². The Kier molecular flexibility index (Phi) is 2.14. The summed E-state index contributed by atoms with van der Waals surface area (Å²) >= 11 is 0. The van der Waals surface area contributed by atoms with E-state index in [4.69, 9.17) is 4.74 Å². The van der Waals surface area contributed by atoms with Gasteiger partial charge >= 0.3 is 0 Å². The Morgan fingerprint density at radius 3 is 2.82 bits per heavy atom. The summed E-state index contributed by atoms with van der Waals surface area (Å²) in [6, 6.07) is 0. The average Bonchev–Trinajstić information content (AvgIpc) is 2.87. The molecule has 0 aromatic carbocycles. The van der Waals surface area contributed by atoms with Crippen LogP contribution >= 0.6 is 0 Å². The average molecular weight is 155 g/mol. The van der Waals surface area contributed by atoms with E-state index in [1.54, 1.807) is 0 Å². The standard InChI is InChI=1S/C9H17NO/c1-2-8-5-10-6-9(11-8)7-3-4-7/h7-10H,2-6H2,1H3. The molecule has 2 rings (SSSR count). The lowest BCUT2D eigenvalue weighted by atomic mass is 10.1. The smallest absolute Gasteiger partial charge is 0.0731 e. The Morgan fingerprint density at radius 2 is 2.18 bits per heavy atom. The van der Waals surface area contributed by atoms with Crippen LogP contribution in [0.15, 0.2) is 0 Å². The van der Waals surface area contributed by atoms with E-state index in [2.05, 4.69) is 12.2 Å². The summed E-state index contributed by atoms with van der Waals surface area (Å²) in [5, 5.41) is 3.43. The van der Waals surface area contributed by atoms with Gasteiger partial charge in [0.2, 0.25) is 0 Å². The number of rotatable bonds is 2. The molecule has 2 fully saturated rings. The lowest BCUT2D eigenvalue weighted by molar-refractivity contribution is -0.0485. The molecule has 0 radical (unpaired) electrons. The van der Waals surface area contributed by atoms with Crippen molar-refractivity contribution < 1.29 is 4.74 Å². The zero-order chi connectivity index (χ0) is 7.68. The maximum absolute atomic E-state index is 5.90. The molecule has 1 aliphatic heterocycles. The summed E-state index contributed by atoms with van der Waals surface area (Å²) in [5.41, 5.74) is 0. The Labute approximate surface area is 68.3 Å². The Hall–Kier alpha value is -0.0800. The van der Waals surface area contributed by atoms with Gasteiger partial charge in [-0.1, -0.05) is 6.92 Å². The minimum atomic E-state index is 0.481. The van der Waals surface area contributed by atoms with Crippen LogP contribution in [-0.2, 0) is 4.74 Å². The molecule has 2 unspecified atom stereocenters. The monoisotopic (exact) mass is 155 g/mol. The van der Waals surface area contributed by atoms with Crippen LogP contribution in [0.2, 0.25) is 0 Å². The van der Waals surface area contributed by atoms with Crippen molar-refractivity contribution in [3.05, 3.63) is 0 Å². The highest BCUT2D eigenvalue weighted by atomic mass is 16.5. The molecule has 1 N–H and O–H groups in total. The Morgan fingerprint density at radius 1 is 1.36 bits per heavy atom. The lowest BCUT2D eigenvalue weighted by Crippen LogP contribution is -2.45. The van der Waals surface area contributed by atoms with Crippen LogP contribution in [0.4, 0.5) is 0 Å². The van der Waals surface area contributed by atoms with Crippen molar-refractivity contribution in [3.63, 3.8) is 0 Å². The van der Waals surface area contributed by atoms with Gasteiger partial charge in [-0.15, -0.1) is 0 Å². The van der Waals surface area contributed by atoms with E-state index in [1.165, 1.54) is 12.8 Å². The molecule has 0 amide bonds. The fourth-order valence-electron chi connectivity index (χ4n) is 1.72. The van der Waals surface area contributed by atoms with Crippen molar-refractivity contribution >= 4 is 0 Å². The fraction of sp³-hybridized carbons (Fsp3) is 1.00. The normalized spacial score (nSPS) is 39.0. The minimum absolute atomic E-state index is 0.481. The van der Waals surface area contributed by atoms with Crippen molar-refractivity contribution in [2.24, 2.45) is 5.92 Å². The topological polar surface area (TPSA) is 21.3 Å². The highest BCUT2D eigenvalue weighted by Crippen LogP contribution is 2.35.